The van der Waals surface area contributed by atoms with Gasteiger partial charge in [0.25, 0.3) is 0 Å². The van der Waals surface area contributed by atoms with E-state index >= 15 is 0 Å². The Morgan fingerprint density at radius 3 is 2.40 bits per heavy atom. The van der Waals surface area contributed by atoms with E-state index in [1.165, 1.54) is 44.9 Å². The van der Waals surface area contributed by atoms with Gasteiger partial charge in [0.1, 0.15) is 0 Å². The zero-order valence-electron chi connectivity index (χ0n) is 19.7. The van der Waals surface area contributed by atoms with Crippen LogP contribution in [0.3, 0.4) is 0 Å². The van der Waals surface area contributed by atoms with Crippen molar-refractivity contribution in [3.63, 3.8) is 0 Å². The van der Waals surface area contributed by atoms with Crippen LogP contribution in [0.1, 0.15) is 91.9 Å². The molecular formula is C27H44O3. The van der Waals surface area contributed by atoms with E-state index < -0.39 is 0 Å². The van der Waals surface area contributed by atoms with Gasteiger partial charge in [-0.1, -0.05) is 27.7 Å². The number of aliphatic hydroxyl groups excluding tert-OH is 1. The van der Waals surface area contributed by atoms with Gasteiger partial charge in [0.05, 0.1) is 18.8 Å². The third-order valence-electron chi connectivity index (χ3n) is 11.9. The van der Waals surface area contributed by atoms with E-state index in [1.807, 2.05) is 0 Å². The van der Waals surface area contributed by atoms with Gasteiger partial charge >= 0.3 is 0 Å². The van der Waals surface area contributed by atoms with Crippen LogP contribution in [-0.2, 0) is 9.47 Å². The molecule has 2 heterocycles. The Morgan fingerprint density at radius 1 is 0.833 bits per heavy atom. The van der Waals surface area contributed by atoms with Gasteiger partial charge in [0, 0.05) is 12.3 Å². The maximum absolute atomic E-state index is 10.3. The molecule has 0 aromatic heterocycles. The molecule has 6 aliphatic rings. The second-order valence-electron chi connectivity index (χ2n) is 13.1. The molecule has 170 valence electrons. The van der Waals surface area contributed by atoms with Gasteiger partial charge in [-0.3, -0.25) is 0 Å². The Labute approximate surface area is 183 Å². The minimum atomic E-state index is -0.282. The minimum absolute atomic E-state index is 0.0389. The molecule has 2 aliphatic heterocycles. The summed E-state index contributed by atoms with van der Waals surface area (Å²) >= 11 is 0. The highest BCUT2D eigenvalue weighted by molar-refractivity contribution is 5.15. The summed E-state index contributed by atoms with van der Waals surface area (Å²) in [4.78, 5) is 0. The Kier molecular flexibility index (Phi) is 4.58. The van der Waals surface area contributed by atoms with Crippen LogP contribution < -0.4 is 0 Å². The maximum atomic E-state index is 10.3. The Balaban J connectivity index is 1.26. The van der Waals surface area contributed by atoms with Crippen LogP contribution in [0.4, 0.5) is 0 Å². The summed E-state index contributed by atoms with van der Waals surface area (Å²) in [6.07, 6.45) is 12.9. The van der Waals surface area contributed by atoms with Crippen LogP contribution in [0.25, 0.3) is 0 Å². The molecule has 0 bridgehead atoms. The largest absolute Gasteiger partial charge is 0.393 e. The fourth-order valence-electron chi connectivity index (χ4n) is 10.3. The average Bonchev–Trinajstić information content (AvgIpc) is 3.16. The normalized spacial score (nSPS) is 62.5. The predicted molar refractivity (Wildman–Crippen MR) is 118 cm³/mol. The number of hydrogen-bond acceptors (Lipinski definition) is 3. The summed E-state index contributed by atoms with van der Waals surface area (Å²) < 4.78 is 13.4. The van der Waals surface area contributed by atoms with E-state index in [-0.39, 0.29) is 11.9 Å². The van der Waals surface area contributed by atoms with Gasteiger partial charge < -0.3 is 14.6 Å². The zero-order chi connectivity index (χ0) is 20.9. The first-order chi connectivity index (χ1) is 14.3. The van der Waals surface area contributed by atoms with E-state index in [0.29, 0.717) is 34.7 Å². The number of ether oxygens (including phenoxy) is 2. The molecule has 12 atom stereocenters. The molecule has 6 fully saturated rings. The topological polar surface area (TPSA) is 38.7 Å². The van der Waals surface area contributed by atoms with Crippen LogP contribution in [0.5, 0.6) is 0 Å². The molecule has 0 radical (unpaired) electrons. The van der Waals surface area contributed by atoms with Crippen LogP contribution in [0.15, 0.2) is 0 Å². The number of hydrogen-bond donors (Lipinski definition) is 1. The lowest BCUT2D eigenvalue weighted by atomic mass is 9.44. The predicted octanol–water partition coefficient (Wildman–Crippen LogP) is 5.79. The van der Waals surface area contributed by atoms with E-state index in [2.05, 4.69) is 27.7 Å². The molecule has 1 spiro atoms. The van der Waals surface area contributed by atoms with Crippen molar-refractivity contribution in [3.8, 4) is 0 Å². The Hall–Kier alpha value is -0.120. The second kappa shape index (κ2) is 6.70. The van der Waals surface area contributed by atoms with Crippen molar-refractivity contribution in [2.45, 2.75) is 110 Å². The molecular weight excluding hydrogens is 372 g/mol. The van der Waals surface area contributed by atoms with Gasteiger partial charge in [0.15, 0.2) is 5.79 Å². The summed E-state index contributed by atoms with van der Waals surface area (Å²) in [5.41, 5.74) is 0.899. The molecule has 4 aliphatic carbocycles. The third kappa shape index (κ3) is 2.61. The van der Waals surface area contributed by atoms with E-state index in [4.69, 9.17) is 9.47 Å². The van der Waals surface area contributed by atoms with Gasteiger partial charge in [-0.15, -0.1) is 0 Å². The smallest absolute Gasteiger partial charge is 0.171 e. The summed E-state index contributed by atoms with van der Waals surface area (Å²) in [7, 11) is 0. The van der Waals surface area contributed by atoms with Crippen molar-refractivity contribution in [1.29, 1.82) is 0 Å². The molecule has 0 aromatic carbocycles. The molecule has 0 amide bonds. The standard InChI is InChI=1S/C27H44O3/c1-16-7-12-27(29-15-16)17(2)24-23(30-27)14-22-20-6-5-18-13-19(28)8-10-25(18,3)21(20)9-11-26(22,24)4/h16-24,28H,5-15H2,1-4H3/t16-,17+,18+,19?,20?,21?,22?,23?,24?,25+,26?,27?/m0/s1. The first-order valence-corrected chi connectivity index (χ1v) is 13.3. The monoisotopic (exact) mass is 416 g/mol. The molecule has 4 saturated carbocycles. The van der Waals surface area contributed by atoms with Crippen molar-refractivity contribution < 1.29 is 14.6 Å². The highest BCUT2D eigenvalue weighted by Crippen LogP contribution is 2.71. The molecule has 30 heavy (non-hydrogen) atoms. The molecule has 3 nitrogen and oxygen atoms in total. The van der Waals surface area contributed by atoms with Crippen molar-refractivity contribution in [1.82, 2.24) is 0 Å². The summed E-state index contributed by atoms with van der Waals surface area (Å²) in [5, 5.41) is 10.3. The average molecular weight is 417 g/mol. The fraction of sp³-hybridized carbons (Fsp3) is 1.00. The van der Waals surface area contributed by atoms with Crippen LogP contribution in [0.2, 0.25) is 0 Å². The summed E-state index contributed by atoms with van der Waals surface area (Å²) in [6.45, 7) is 10.9. The van der Waals surface area contributed by atoms with Crippen molar-refractivity contribution in [3.05, 3.63) is 0 Å². The summed E-state index contributed by atoms with van der Waals surface area (Å²) in [6, 6.07) is 0. The highest BCUT2D eigenvalue weighted by atomic mass is 16.7. The maximum Gasteiger partial charge on any atom is 0.171 e. The van der Waals surface area contributed by atoms with Crippen molar-refractivity contribution in [2.75, 3.05) is 6.61 Å². The molecule has 3 heteroatoms. The molecule has 1 N–H and O–H groups in total. The van der Waals surface area contributed by atoms with E-state index in [0.717, 1.165) is 49.5 Å². The first-order valence-electron chi connectivity index (χ1n) is 13.3. The van der Waals surface area contributed by atoms with Gasteiger partial charge in [0.2, 0.25) is 0 Å². The third-order valence-corrected chi connectivity index (χ3v) is 11.9. The lowest BCUT2D eigenvalue weighted by Gasteiger charge is -2.61. The van der Waals surface area contributed by atoms with Gasteiger partial charge in [-0.2, -0.15) is 0 Å². The molecule has 8 unspecified atom stereocenters. The lowest BCUT2D eigenvalue weighted by molar-refractivity contribution is -0.273. The summed E-state index contributed by atoms with van der Waals surface area (Å²) in [5.74, 6) is 4.93. The van der Waals surface area contributed by atoms with E-state index in [9.17, 15) is 5.11 Å². The number of aliphatic hydroxyl groups is 1. The Morgan fingerprint density at radius 2 is 1.63 bits per heavy atom. The van der Waals surface area contributed by atoms with Crippen LogP contribution in [-0.4, -0.2) is 29.7 Å². The lowest BCUT2D eigenvalue weighted by Crippen LogP contribution is -2.55. The minimum Gasteiger partial charge on any atom is -0.393 e. The highest BCUT2D eigenvalue weighted by Gasteiger charge is 2.69. The van der Waals surface area contributed by atoms with Gasteiger partial charge in [-0.25, -0.2) is 0 Å². The zero-order valence-corrected chi connectivity index (χ0v) is 19.7. The van der Waals surface area contributed by atoms with E-state index in [1.54, 1.807) is 0 Å². The second-order valence-corrected chi connectivity index (χ2v) is 13.1. The number of fused-ring (bicyclic) bond motifs is 7. The molecule has 0 aromatic rings. The number of rotatable bonds is 0. The SMILES string of the molecule is C[C@H]1CCC2(OC1)OC1CC3C4CC[C@@H]5CC(O)CC[C@@]5(C)C4CCC3(C)C1[C@H]2C. The van der Waals surface area contributed by atoms with Gasteiger partial charge in [-0.05, 0) is 104 Å². The van der Waals surface area contributed by atoms with Crippen molar-refractivity contribution in [2.24, 2.45) is 52.3 Å². The van der Waals surface area contributed by atoms with Crippen LogP contribution >= 0.6 is 0 Å². The molecule has 2 saturated heterocycles. The Bertz CT molecular complexity index is 684. The quantitative estimate of drug-likeness (QED) is 0.543. The fourth-order valence-corrected chi connectivity index (χ4v) is 10.3. The first kappa shape index (κ1) is 20.5. The molecule has 6 rings (SSSR count). The van der Waals surface area contributed by atoms with Crippen molar-refractivity contribution >= 4 is 0 Å². The van der Waals surface area contributed by atoms with Crippen LogP contribution in [0, 0.1) is 52.3 Å².